The minimum atomic E-state index is -3.92. The lowest BCUT2D eigenvalue weighted by atomic mass is 10.1. The van der Waals surface area contributed by atoms with Crippen molar-refractivity contribution in [3.8, 4) is 0 Å². The standard InChI is InChI=1S/C25H27BrN2O3S/c1-19-11-15-24(16-12-19)32(30,31)28(23-10-6-9-22(26)17-23)18-25(29)27-20(2)13-14-21-7-4-3-5-8-21/h3-12,15-17,20H,13-14,18H2,1-2H3,(H,27,29)/t20-/m1/s1. The Hall–Kier alpha value is -2.64. The van der Waals surface area contributed by atoms with Gasteiger partial charge in [-0.25, -0.2) is 8.42 Å². The van der Waals surface area contributed by atoms with Gasteiger partial charge in [0, 0.05) is 10.5 Å². The SMILES string of the molecule is Cc1ccc(S(=O)(=O)N(CC(=O)N[C@H](C)CCc2ccccc2)c2cccc(Br)c2)cc1. The molecule has 0 saturated heterocycles. The van der Waals surface area contributed by atoms with Crippen LogP contribution in [0.5, 0.6) is 0 Å². The zero-order valence-corrected chi connectivity index (χ0v) is 20.6. The van der Waals surface area contributed by atoms with Gasteiger partial charge in [0.25, 0.3) is 10.0 Å². The molecule has 3 aromatic rings. The van der Waals surface area contributed by atoms with Gasteiger partial charge in [-0.3, -0.25) is 9.10 Å². The molecule has 168 valence electrons. The van der Waals surface area contributed by atoms with Gasteiger partial charge in [0.05, 0.1) is 10.6 Å². The molecule has 0 unspecified atom stereocenters. The van der Waals surface area contributed by atoms with E-state index in [1.165, 1.54) is 5.56 Å². The van der Waals surface area contributed by atoms with E-state index in [9.17, 15) is 13.2 Å². The second-order valence-electron chi connectivity index (χ2n) is 7.80. The lowest BCUT2D eigenvalue weighted by Gasteiger charge is -2.25. The molecule has 0 spiro atoms. The molecule has 0 aromatic heterocycles. The molecule has 7 heteroatoms. The smallest absolute Gasteiger partial charge is 0.264 e. The number of halogens is 1. The fraction of sp³-hybridized carbons (Fsp3) is 0.240. The average Bonchev–Trinajstić information content (AvgIpc) is 2.77. The van der Waals surface area contributed by atoms with E-state index in [1.54, 1.807) is 42.5 Å². The van der Waals surface area contributed by atoms with Crippen molar-refractivity contribution < 1.29 is 13.2 Å². The van der Waals surface area contributed by atoms with E-state index in [-0.39, 0.29) is 23.4 Å². The summed E-state index contributed by atoms with van der Waals surface area (Å²) in [6.45, 7) is 3.52. The van der Waals surface area contributed by atoms with E-state index in [4.69, 9.17) is 0 Å². The van der Waals surface area contributed by atoms with Crippen molar-refractivity contribution in [1.29, 1.82) is 0 Å². The Kier molecular flexibility index (Phi) is 8.10. The Labute approximate surface area is 198 Å². The molecule has 3 rings (SSSR count). The van der Waals surface area contributed by atoms with Gasteiger partial charge in [-0.2, -0.15) is 0 Å². The number of carbonyl (C=O) groups is 1. The number of carbonyl (C=O) groups excluding carboxylic acids is 1. The van der Waals surface area contributed by atoms with Crippen LogP contribution in [0.4, 0.5) is 5.69 Å². The van der Waals surface area contributed by atoms with Gasteiger partial charge in [-0.15, -0.1) is 0 Å². The summed E-state index contributed by atoms with van der Waals surface area (Å²) in [6.07, 6.45) is 1.59. The predicted octanol–water partition coefficient (Wildman–Crippen LogP) is 5.09. The Balaban J connectivity index is 1.76. The van der Waals surface area contributed by atoms with Crippen LogP contribution in [0.3, 0.4) is 0 Å². The lowest BCUT2D eigenvalue weighted by molar-refractivity contribution is -0.120. The molecule has 0 aliphatic heterocycles. The molecule has 1 N–H and O–H groups in total. The number of benzene rings is 3. The molecule has 1 amide bonds. The predicted molar refractivity (Wildman–Crippen MR) is 132 cm³/mol. The Bertz CT molecular complexity index is 1150. The largest absolute Gasteiger partial charge is 0.352 e. The second kappa shape index (κ2) is 10.8. The third-order valence-electron chi connectivity index (χ3n) is 5.11. The van der Waals surface area contributed by atoms with Crippen LogP contribution in [0.1, 0.15) is 24.5 Å². The van der Waals surface area contributed by atoms with E-state index in [0.717, 1.165) is 27.2 Å². The van der Waals surface area contributed by atoms with Crippen LogP contribution in [0, 0.1) is 6.92 Å². The number of sulfonamides is 1. The molecule has 0 aliphatic rings. The lowest BCUT2D eigenvalue weighted by Crippen LogP contribution is -2.43. The first kappa shape index (κ1) is 24.0. The van der Waals surface area contributed by atoms with Crippen LogP contribution in [0.15, 0.2) is 88.2 Å². The van der Waals surface area contributed by atoms with Crippen molar-refractivity contribution in [2.24, 2.45) is 0 Å². The van der Waals surface area contributed by atoms with Crippen molar-refractivity contribution in [1.82, 2.24) is 5.32 Å². The number of nitrogens with zero attached hydrogens (tertiary/aromatic N) is 1. The number of anilines is 1. The maximum absolute atomic E-state index is 13.4. The summed E-state index contributed by atoms with van der Waals surface area (Å²) >= 11 is 3.39. The van der Waals surface area contributed by atoms with E-state index in [2.05, 4.69) is 33.4 Å². The number of amides is 1. The van der Waals surface area contributed by atoms with Crippen molar-refractivity contribution in [2.45, 2.75) is 37.6 Å². The fourth-order valence-corrected chi connectivity index (χ4v) is 5.13. The third kappa shape index (κ3) is 6.43. The van der Waals surface area contributed by atoms with E-state index >= 15 is 0 Å². The second-order valence-corrected chi connectivity index (χ2v) is 10.6. The summed E-state index contributed by atoms with van der Waals surface area (Å²) in [5.41, 5.74) is 2.58. The summed E-state index contributed by atoms with van der Waals surface area (Å²) in [5, 5.41) is 2.94. The topological polar surface area (TPSA) is 66.5 Å². The molecule has 3 aromatic carbocycles. The highest BCUT2D eigenvalue weighted by molar-refractivity contribution is 9.10. The fourth-order valence-electron chi connectivity index (χ4n) is 3.33. The van der Waals surface area contributed by atoms with Crippen LogP contribution in [0.25, 0.3) is 0 Å². The van der Waals surface area contributed by atoms with Gasteiger partial charge < -0.3 is 5.32 Å². The number of hydrogen-bond donors (Lipinski definition) is 1. The first-order valence-corrected chi connectivity index (χ1v) is 12.7. The highest BCUT2D eigenvalue weighted by Crippen LogP contribution is 2.26. The van der Waals surface area contributed by atoms with E-state index in [0.29, 0.717) is 5.69 Å². The summed E-state index contributed by atoms with van der Waals surface area (Å²) in [5.74, 6) is -0.346. The molecule has 0 heterocycles. The van der Waals surface area contributed by atoms with Crippen LogP contribution in [-0.4, -0.2) is 26.9 Å². The van der Waals surface area contributed by atoms with Crippen LogP contribution in [-0.2, 0) is 21.2 Å². The summed E-state index contributed by atoms with van der Waals surface area (Å²) < 4.78 is 28.7. The van der Waals surface area contributed by atoms with Crippen molar-refractivity contribution in [3.05, 3.63) is 94.5 Å². The van der Waals surface area contributed by atoms with Gasteiger partial charge in [0.2, 0.25) is 5.91 Å². The Morgan fingerprint density at radius 1 is 1.00 bits per heavy atom. The summed E-state index contributed by atoms with van der Waals surface area (Å²) in [7, 11) is -3.92. The Morgan fingerprint density at radius 3 is 2.34 bits per heavy atom. The Morgan fingerprint density at radius 2 is 1.69 bits per heavy atom. The van der Waals surface area contributed by atoms with Gasteiger partial charge >= 0.3 is 0 Å². The molecule has 0 fully saturated rings. The molecule has 32 heavy (non-hydrogen) atoms. The van der Waals surface area contributed by atoms with Crippen LogP contribution in [0.2, 0.25) is 0 Å². The monoisotopic (exact) mass is 514 g/mol. The minimum Gasteiger partial charge on any atom is -0.352 e. The zero-order valence-electron chi connectivity index (χ0n) is 18.2. The number of hydrogen-bond acceptors (Lipinski definition) is 3. The molecule has 0 aliphatic carbocycles. The summed E-state index contributed by atoms with van der Waals surface area (Å²) in [4.78, 5) is 13.0. The van der Waals surface area contributed by atoms with Crippen molar-refractivity contribution >= 4 is 37.5 Å². The molecule has 0 radical (unpaired) electrons. The quantitative estimate of drug-likeness (QED) is 0.432. The molecule has 0 bridgehead atoms. The number of aryl methyl sites for hydroxylation is 2. The zero-order chi connectivity index (χ0) is 23.1. The first-order chi connectivity index (χ1) is 15.3. The summed E-state index contributed by atoms with van der Waals surface area (Å²) in [6, 6.07) is 23.5. The number of nitrogens with one attached hydrogen (secondary N) is 1. The van der Waals surface area contributed by atoms with Crippen LogP contribution < -0.4 is 9.62 Å². The average molecular weight is 515 g/mol. The normalized spacial score (nSPS) is 12.2. The van der Waals surface area contributed by atoms with Crippen LogP contribution >= 0.6 is 15.9 Å². The molecular formula is C25H27BrN2O3S. The molecule has 0 saturated carbocycles. The minimum absolute atomic E-state index is 0.0888. The molecular weight excluding hydrogens is 488 g/mol. The van der Waals surface area contributed by atoms with Gasteiger partial charge in [-0.1, -0.05) is 70.0 Å². The maximum Gasteiger partial charge on any atom is 0.264 e. The molecule has 5 nitrogen and oxygen atoms in total. The maximum atomic E-state index is 13.4. The highest BCUT2D eigenvalue weighted by Gasteiger charge is 2.27. The van der Waals surface area contributed by atoms with Crippen molar-refractivity contribution in [2.75, 3.05) is 10.8 Å². The molecule has 1 atom stereocenters. The third-order valence-corrected chi connectivity index (χ3v) is 7.39. The van der Waals surface area contributed by atoms with E-state index < -0.39 is 10.0 Å². The van der Waals surface area contributed by atoms with Gasteiger partial charge in [0.1, 0.15) is 6.54 Å². The first-order valence-electron chi connectivity index (χ1n) is 10.4. The number of rotatable bonds is 9. The highest BCUT2D eigenvalue weighted by atomic mass is 79.9. The van der Waals surface area contributed by atoms with Crippen molar-refractivity contribution in [3.63, 3.8) is 0 Å². The van der Waals surface area contributed by atoms with E-state index in [1.807, 2.05) is 38.1 Å². The van der Waals surface area contributed by atoms with Gasteiger partial charge in [0.15, 0.2) is 0 Å². The van der Waals surface area contributed by atoms with Gasteiger partial charge in [-0.05, 0) is 62.6 Å².